The molecule has 2 aromatic rings. The number of sulfonamides is 1. The molecule has 0 aliphatic carbocycles. The van der Waals surface area contributed by atoms with Crippen LogP contribution < -0.4 is 14.2 Å². The Morgan fingerprint density at radius 1 is 1.00 bits per heavy atom. The van der Waals surface area contributed by atoms with Crippen molar-refractivity contribution < 1.29 is 17.9 Å². The van der Waals surface area contributed by atoms with Gasteiger partial charge in [0.2, 0.25) is 10.0 Å². The largest absolute Gasteiger partial charge is 0.497 e. The van der Waals surface area contributed by atoms with Crippen LogP contribution in [-0.4, -0.2) is 22.1 Å². The summed E-state index contributed by atoms with van der Waals surface area (Å²) in [5, 5.41) is 0. The second kappa shape index (κ2) is 7.48. The zero-order chi connectivity index (χ0) is 16.9. The van der Waals surface area contributed by atoms with Gasteiger partial charge in [-0.3, -0.25) is 0 Å². The van der Waals surface area contributed by atoms with Gasteiger partial charge in [-0.1, -0.05) is 12.1 Å². The highest BCUT2D eigenvalue weighted by Crippen LogP contribution is 2.21. The molecule has 6 heteroatoms. The van der Waals surface area contributed by atoms with Crippen molar-refractivity contribution in [2.45, 2.75) is 24.8 Å². The molecule has 0 saturated heterocycles. The SMILES string of the molecule is CCOc1ccc([C@H](C)NS(=O)(=O)c2ccc(OC)cc2)cc1. The summed E-state index contributed by atoms with van der Waals surface area (Å²) >= 11 is 0. The Bertz CT molecular complexity index is 724. The van der Waals surface area contributed by atoms with Crippen LogP contribution in [-0.2, 0) is 10.0 Å². The number of ether oxygens (including phenoxy) is 2. The van der Waals surface area contributed by atoms with Crippen molar-refractivity contribution in [3.05, 3.63) is 54.1 Å². The van der Waals surface area contributed by atoms with E-state index in [1.165, 1.54) is 19.2 Å². The smallest absolute Gasteiger partial charge is 0.241 e. The van der Waals surface area contributed by atoms with Gasteiger partial charge in [-0.15, -0.1) is 0 Å². The summed E-state index contributed by atoms with van der Waals surface area (Å²) in [5.41, 5.74) is 0.866. The number of methoxy groups -OCH3 is 1. The molecule has 1 atom stereocenters. The molecule has 0 radical (unpaired) electrons. The molecule has 1 N–H and O–H groups in total. The first-order chi connectivity index (χ1) is 11.0. The summed E-state index contributed by atoms with van der Waals surface area (Å²) in [6, 6.07) is 13.3. The van der Waals surface area contributed by atoms with Crippen molar-refractivity contribution in [1.82, 2.24) is 4.72 Å². The Hall–Kier alpha value is -2.05. The fourth-order valence-corrected chi connectivity index (χ4v) is 3.38. The lowest BCUT2D eigenvalue weighted by Crippen LogP contribution is -2.26. The van der Waals surface area contributed by atoms with Gasteiger partial charge in [0.25, 0.3) is 0 Å². The van der Waals surface area contributed by atoms with E-state index in [9.17, 15) is 8.42 Å². The minimum absolute atomic E-state index is 0.205. The maximum atomic E-state index is 12.4. The highest BCUT2D eigenvalue weighted by molar-refractivity contribution is 7.89. The molecule has 0 aliphatic heterocycles. The third-order valence-electron chi connectivity index (χ3n) is 3.39. The number of rotatable bonds is 7. The molecule has 23 heavy (non-hydrogen) atoms. The van der Waals surface area contributed by atoms with E-state index in [1.807, 2.05) is 31.2 Å². The Labute approximate surface area is 137 Å². The molecule has 0 fully saturated rings. The lowest BCUT2D eigenvalue weighted by molar-refractivity contribution is 0.340. The molecule has 0 aromatic heterocycles. The van der Waals surface area contributed by atoms with Crippen LogP contribution in [0.25, 0.3) is 0 Å². The van der Waals surface area contributed by atoms with Crippen molar-refractivity contribution in [2.24, 2.45) is 0 Å². The highest BCUT2D eigenvalue weighted by Gasteiger charge is 2.18. The van der Waals surface area contributed by atoms with Gasteiger partial charge in [0, 0.05) is 6.04 Å². The molecule has 0 unspecified atom stereocenters. The zero-order valence-corrected chi connectivity index (χ0v) is 14.3. The second-order valence-corrected chi connectivity index (χ2v) is 6.73. The predicted molar refractivity (Wildman–Crippen MR) is 89.3 cm³/mol. The lowest BCUT2D eigenvalue weighted by Gasteiger charge is -2.15. The van der Waals surface area contributed by atoms with E-state index in [0.29, 0.717) is 12.4 Å². The molecule has 0 aliphatic rings. The Balaban J connectivity index is 2.12. The second-order valence-electron chi connectivity index (χ2n) is 5.02. The minimum Gasteiger partial charge on any atom is -0.497 e. The summed E-state index contributed by atoms with van der Waals surface area (Å²) in [5.74, 6) is 1.38. The molecule has 0 spiro atoms. The molecule has 5 nitrogen and oxygen atoms in total. The summed E-state index contributed by atoms with van der Waals surface area (Å²) in [6.45, 7) is 4.31. The summed E-state index contributed by atoms with van der Waals surface area (Å²) < 4.78 is 37.9. The first kappa shape index (κ1) is 17.3. The normalized spacial score (nSPS) is 12.7. The average molecular weight is 335 g/mol. The number of hydrogen-bond donors (Lipinski definition) is 1. The third-order valence-corrected chi connectivity index (χ3v) is 4.95. The van der Waals surface area contributed by atoms with Gasteiger partial charge in [-0.2, -0.15) is 0 Å². The Morgan fingerprint density at radius 3 is 2.09 bits per heavy atom. The van der Waals surface area contributed by atoms with Crippen LogP contribution in [0.4, 0.5) is 0 Å². The Morgan fingerprint density at radius 2 is 1.57 bits per heavy atom. The van der Waals surface area contributed by atoms with Gasteiger partial charge in [-0.05, 0) is 55.8 Å². The quantitative estimate of drug-likeness (QED) is 0.844. The van der Waals surface area contributed by atoms with E-state index >= 15 is 0 Å². The van der Waals surface area contributed by atoms with Crippen LogP contribution in [0.1, 0.15) is 25.5 Å². The van der Waals surface area contributed by atoms with Crippen LogP contribution in [0, 0.1) is 0 Å². The van der Waals surface area contributed by atoms with Crippen molar-refractivity contribution in [1.29, 1.82) is 0 Å². The summed E-state index contributed by atoms with van der Waals surface area (Å²) in [4.78, 5) is 0.205. The Kier molecular flexibility index (Phi) is 5.63. The van der Waals surface area contributed by atoms with Crippen molar-refractivity contribution in [3.8, 4) is 11.5 Å². The lowest BCUT2D eigenvalue weighted by atomic mass is 10.1. The first-order valence-electron chi connectivity index (χ1n) is 7.35. The minimum atomic E-state index is -3.59. The maximum Gasteiger partial charge on any atom is 0.241 e. The van der Waals surface area contributed by atoms with Gasteiger partial charge in [0.15, 0.2) is 0 Å². The number of benzene rings is 2. The van der Waals surface area contributed by atoms with Crippen molar-refractivity contribution in [2.75, 3.05) is 13.7 Å². The maximum absolute atomic E-state index is 12.4. The van der Waals surface area contributed by atoms with Gasteiger partial charge in [-0.25, -0.2) is 13.1 Å². The van der Waals surface area contributed by atoms with Crippen molar-refractivity contribution in [3.63, 3.8) is 0 Å². The first-order valence-corrected chi connectivity index (χ1v) is 8.83. The van der Waals surface area contributed by atoms with Crippen LogP contribution in [0.2, 0.25) is 0 Å². The molecule has 0 heterocycles. The average Bonchev–Trinajstić information content (AvgIpc) is 2.55. The number of hydrogen-bond acceptors (Lipinski definition) is 4. The molecule has 124 valence electrons. The van der Waals surface area contributed by atoms with Gasteiger partial charge in [0.05, 0.1) is 18.6 Å². The molecular weight excluding hydrogens is 314 g/mol. The van der Waals surface area contributed by atoms with E-state index in [1.54, 1.807) is 19.1 Å². The molecule has 0 amide bonds. The van der Waals surface area contributed by atoms with Crippen LogP contribution >= 0.6 is 0 Å². The van der Waals surface area contributed by atoms with E-state index in [0.717, 1.165) is 11.3 Å². The summed E-state index contributed by atoms with van der Waals surface area (Å²) in [6.07, 6.45) is 0. The van der Waals surface area contributed by atoms with E-state index in [4.69, 9.17) is 9.47 Å². The van der Waals surface area contributed by atoms with Crippen LogP contribution in [0.3, 0.4) is 0 Å². The monoisotopic (exact) mass is 335 g/mol. The number of nitrogens with one attached hydrogen (secondary N) is 1. The van der Waals surface area contributed by atoms with E-state index in [2.05, 4.69) is 4.72 Å². The predicted octanol–water partition coefficient (Wildman–Crippen LogP) is 3.13. The fourth-order valence-electron chi connectivity index (χ4n) is 2.14. The van der Waals surface area contributed by atoms with Crippen LogP contribution in [0.15, 0.2) is 53.4 Å². The molecule has 0 bridgehead atoms. The molecular formula is C17H21NO4S. The molecule has 2 aromatic carbocycles. The fraction of sp³-hybridized carbons (Fsp3) is 0.294. The van der Waals surface area contributed by atoms with E-state index < -0.39 is 10.0 Å². The summed E-state index contributed by atoms with van der Waals surface area (Å²) in [7, 11) is -2.05. The molecule has 0 saturated carbocycles. The highest BCUT2D eigenvalue weighted by atomic mass is 32.2. The van der Waals surface area contributed by atoms with Gasteiger partial charge >= 0.3 is 0 Å². The molecule has 2 rings (SSSR count). The third kappa shape index (κ3) is 4.46. The van der Waals surface area contributed by atoms with Gasteiger partial charge in [0.1, 0.15) is 11.5 Å². The standard InChI is InChI=1S/C17H21NO4S/c1-4-22-16-7-5-14(6-8-16)13(2)18-23(19,20)17-11-9-15(21-3)10-12-17/h5-13,18H,4H2,1-3H3/t13-/m0/s1. The van der Waals surface area contributed by atoms with Crippen molar-refractivity contribution >= 4 is 10.0 Å². The van der Waals surface area contributed by atoms with Gasteiger partial charge < -0.3 is 9.47 Å². The van der Waals surface area contributed by atoms with E-state index in [-0.39, 0.29) is 10.9 Å². The topological polar surface area (TPSA) is 64.6 Å². The zero-order valence-electron chi connectivity index (χ0n) is 13.4. The van der Waals surface area contributed by atoms with Crippen LogP contribution in [0.5, 0.6) is 11.5 Å².